The summed E-state index contributed by atoms with van der Waals surface area (Å²) in [6, 6.07) is 3.45. The molecule has 144 valence electrons. The number of nitrogens with zero attached hydrogens (tertiary/aromatic N) is 3. The molecule has 1 saturated heterocycles. The van der Waals surface area contributed by atoms with Crippen molar-refractivity contribution in [2.24, 2.45) is 0 Å². The van der Waals surface area contributed by atoms with E-state index in [0.717, 1.165) is 32.0 Å². The summed E-state index contributed by atoms with van der Waals surface area (Å²) in [6.07, 6.45) is 1.48. The molecule has 6 nitrogen and oxygen atoms in total. The number of alkyl halides is 2. The van der Waals surface area contributed by atoms with Gasteiger partial charge in [0, 0.05) is 32.7 Å². The Hall–Kier alpha value is -1.51. The molecule has 0 radical (unpaired) electrons. The predicted octanol–water partition coefficient (Wildman–Crippen LogP) is 1.46. The molecule has 1 aromatic rings. The molecular weight excluding hydrogens is 330 g/mol. The minimum Gasteiger partial charge on any atom is -0.486 e. The zero-order chi connectivity index (χ0) is 18.7. The van der Waals surface area contributed by atoms with E-state index in [2.05, 4.69) is 20.1 Å². The van der Waals surface area contributed by atoms with E-state index in [9.17, 15) is 8.78 Å². The van der Waals surface area contributed by atoms with Crippen LogP contribution >= 0.6 is 0 Å². The average molecular weight is 360 g/mol. The number of aromatic nitrogens is 1. The number of piperazine rings is 1. The molecule has 0 amide bonds. The van der Waals surface area contributed by atoms with Gasteiger partial charge in [-0.3, -0.25) is 4.90 Å². The van der Waals surface area contributed by atoms with Crippen molar-refractivity contribution in [1.82, 2.24) is 15.2 Å². The van der Waals surface area contributed by atoms with Crippen molar-refractivity contribution in [2.45, 2.75) is 19.8 Å². The van der Waals surface area contributed by atoms with Crippen molar-refractivity contribution in [3.05, 3.63) is 18.3 Å². The lowest BCUT2D eigenvalue weighted by Crippen LogP contribution is -2.47. The Balaban J connectivity index is 0.00000151. The Morgan fingerprint density at radius 3 is 2.44 bits per heavy atom. The van der Waals surface area contributed by atoms with Crippen molar-refractivity contribution in [3.8, 4) is 5.75 Å². The fourth-order valence-electron chi connectivity index (χ4n) is 2.49. The van der Waals surface area contributed by atoms with Crippen molar-refractivity contribution < 1.29 is 18.6 Å². The highest BCUT2D eigenvalue weighted by molar-refractivity contribution is 5.41. The molecule has 8 heteroatoms. The highest BCUT2D eigenvalue weighted by Crippen LogP contribution is 2.20. The Kier molecular flexibility index (Phi) is 9.62. The molecule has 2 N–H and O–H groups in total. The number of aliphatic hydroxyl groups excluding tert-OH is 1. The van der Waals surface area contributed by atoms with Gasteiger partial charge in [-0.2, -0.15) is 0 Å². The highest BCUT2D eigenvalue weighted by Gasteiger charge is 2.29. The number of hydrogen-bond donors (Lipinski definition) is 2. The average Bonchev–Trinajstić information content (AvgIpc) is 2.63. The molecule has 0 unspecified atom stereocenters. The van der Waals surface area contributed by atoms with Crippen LogP contribution in [0.2, 0.25) is 0 Å². The maximum atomic E-state index is 13.3. The van der Waals surface area contributed by atoms with E-state index in [-0.39, 0.29) is 6.61 Å². The lowest BCUT2D eigenvalue weighted by molar-refractivity contribution is -0.0375. The van der Waals surface area contributed by atoms with Gasteiger partial charge < -0.3 is 20.1 Å². The smallest absolute Gasteiger partial charge is 0.293 e. The largest absolute Gasteiger partial charge is 0.486 e. The van der Waals surface area contributed by atoms with Gasteiger partial charge in [-0.1, -0.05) is 13.8 Å². The summed E-state index contributed by atoms with van der Waals surface area (Å²) in [6.45, 7) is 7.16. The first-order chi connectivity index (χ1) is 12.0. The monoisotopic (exact) mass is 360 g/mol. The number of ether oxygens (including phenoxy) is 1. The Morgan fingerprint density at radius 1 is 1.24 bits per heavy atom. The third-order valence-electron chi connectivity index (χ3n) is 3.72. The molecule has 25 heavy (non-hydrogen) atoms. The van der Waals surface area contributed by atoms with E-state index in [1.54, 1.807) is 12.1 Å². The molecule has 1 fully saturated rings. The minimum absolute atomic E-state index is 0.169. The van der Waals surface area contributed by atoms with E-state index >= 15 is 0 Å². The fraction of sp³-hybridized carbons (Fsp3) is 0.706. The van der Waals surface area contributed by atoms with E-state index in [4.69, 9.17) is 9.84 Å². The molecule has 0 bridgehead atoms. The highest BCUT2D eigenvalue weighted by atomic mass is 19.3. The predicted molar refractivity (Wildman–Crippen MR) is 95.7 cm³/mol. The van der Waals surface area contributed by atoms with Crippen molar-refractivity contribution in [2.75, 3.05) is 64.4 Å². The van der Waals surface area contributed by atoms with Crippen LogP contribution in [0, 0.1) is 0 Å². The second-order valence-electron chi connectivity index (χ2n) is 5.58. The van der Waals surface area contributed by atoms with Crippen LogP contribution in [-0.2, 0) is 0 Å². The summed E-state index contributed by atoms with van der Waals surface area (Å²) in [4.78, 5) is 8.62. The van der Waals surface area contributed by atoms with Gasteiger partial charge in [-0.25, -0.2) is 13.8 Å². The van der Waals surface area contributed by atoms with Crippen LogP contribution in [0.25, 0.3) is 0 Å². The maximum absolute atomic E-state index is 13.3. The summed E-state index contributed by atoms with van der Waals surface area (Å²) < 4.78 is 31.8. The van der Waals surface area contributed by atoms with Crippen LogP contribution in [0.4, 0.5) is 14.6 Å². The number of aliphatic hydroxyl groups is 1. The topological polar surface area (TPSA) is 60.9 Å². The van der Waals surface area contributed by atoms with Crippen molar-refractivity contribution in [3.63, 3.8) is 0 Å². The lowest BCUT2D eigenvalue weighted by Gasteiger charge is -2.35. The number of pyridine rings is 1. The first-order valence-corrected chi connectivity index (χ1v) is 8.73. The van der Waals surface area contributed by atoms with E-state index in [0.29, 0.717) is 12.3 Å². The van der Waals surface area contributed by atoms with E-state index < -0.39 is 19.1 Å². The van der Waals surface area contributed by atoms with Crippen LogP contribution in [0.5, 0.6) is 5.75 Å². The van der Waals surface area contributed by atoms with Gasteiger partial charge in [-0.05, 0) is 19.2 Å². The van der Waals surface area contributed by atoms with E-state index in [1.165, 1.54) is 13.2 Å². The number of halogens is 2. The molecule has 0 aromatic carbocycles. The lowest BCUT2D eigenvalue weighted by atomic mass is 10.3. The molecule has 2 rings (SSSR count). The number of nitrogens with one attached hydrogen (secondary N) is 1. The Labute approximate surface area is 148 Å². The van der Waals surface area contributed by atoms with Crippen LogP contribution in [-0.4, -0.2) is 80.4 Å². The normalized spacial score (nSPS) is 15.5. The molecule has 1 aromatic heterocycles. The van der Waals surface area contributed by atoms with Gasteiger partial charge in [-0.15, -0.1) is 0 Å². The number of anilines is 1. The van der Waals surface area contributed by atoms with Gasteiger partial charge in [0.05, 0.1) is 19.3 Å². The van der Waals surface area contributed by atoms with Crippen molar-refractivity contribution in [1.29, 1.82) is 0 Å². The quantitative estimate of drug-likeness (QED) is 0.732. The molecule has 0 atom stereocenters. The molecule has 0 aliphatic carbocycles. The van der Waals surface area contributed by atoms with Gasteiger partial charge in [0.2, 0.25) is 0 Å². The molecule has 1 aliphatic rings. The summed E-state index contributed by atoms with van der Waals surface area (Å²) in [5, 5.41) is 11.4. The zero-order valence-electron chi connectivity index (χ0n) is 15.3. The second kappa shape index (κ2) is 11.2. The van der Waals surface area contributed by atoms with Crippen LogP contribution < -0.4 is 15.0 Å². The fourth-order valence-corrected chi connectivity index (χ4v) is 2.49. The third-order valence-corrected chi connectivity index (χ3v) is 3.72. The van der Waals surface area contributed by atoms with E-state index in [1.807, 2.05) is 13.8 Å². The summed E-state index contributed by atoms with van der Waals surface area (Å²) >= 11 is 0. The number of β-amino-alcohol motifs (C(OH)–C–C–N with tert-alkyl or cyclic N) is 1. The molecule has 0 spiro atoms. The zero-order valence-corrected chi connectivity index (χ0v) is 15.3. The van der Waals surface area contributed by atoms with Crippen LogP contribution in [0.1, 0.15) is 13.8 Å². The van der Waals surface area contributed by atoms with Crippen molar-refractivity contribution >= 4 is 5.82 Å². The maximum Gasteiger partial charge on any atom is 0.293 e. The van der Waals surface area contributed by atoms with Gasteiger partial charge in [0.1, 0.15) is 11.6 Å². The molecule has 0 saturated carbocycles. The summed E-state index contributed by atoms with van der Waals surface area (Å²) in [7, 11) is 1.48. The summed E-state index contributed by atoms with van der Waals surface area (Å²) in [5.41, 5.74) is 0. The SMILES string of the molecule is CC.CNCC(F)(F)COc1ccc(N2CCN(CCO)CC2)nc1. The summed E-state index contributed by atoms with van der Waals surface area (Å²) in [5.74, 6) is -1.76. The van der Waals surface area contributed by atoms with Gasteiger partial charge in [0.25, 0.3) is 5.92 Å². The van der Waals surface area contributed by atoms with Gasteiger partial charge >= 0.3 is 0 Å². The Bertz CT molecular complexity index is 466. The van der Waals surface area contributed by atoms with Gasteiger partial charge in [0.15, 0.2) is 6.61 Å². The number of rotatable bonds is 8. The molecular formula is C17H30F2N4O2. The third kappa shape index (κ3) is 7.50. The first-order valence-electron chi connectivity index (χ1n) is 8.73. The molecule has 1 aliphatic heterocycles. The first kappa shape index (κ1) is 21.5. The van der Waals surface area contributed by atoms with Crippen LogP contribution in [0.15, 0.2) is 18.3 Å². The number of hydrogen-bond acceptors (Lipinski definition) is 6. The standard InChI is InChI=1S/C15H24F2N4O2.C2H6/c1-18-11-15(16,17)12-23-13-2-3-14(19-10-13)21-6-4-20(5-7-21)8-9-22;1-2/h2-3,10,18,22H,4-9,11-12H2,1H3;1-2H3. The minimum atomic E-state index is -2.91. The van der Waals surface area contributed by atoms with Crippen LogP contribution in [0.3, 0.4) is 0 Å². The Morgan fingerprint density at radius 2 is 1.92 bits per heavy atom. The second-order valence-corrected chi connectivity index (χ2v) is 5.58. The molecule has 2 heterocycles.